The van der Waals surface area contributed by atoms with Gasteiger partial charge < -0.3 is 4.74 Å². The molecule has 0 rings (SSSR count). The highest BCUT2D eigenvalue weighted by atomic mass is 127. The first kappa shape index (κ1) is 8.69. The second kappa shape index (κ2) is 7.69. The normalized spacial score (nSPS) is 9.75. The molecule has 0 amide bonds. The van der Waals surface area contributed by atoms with E-state index in [1.807, 2.05) is 0 Å². The molecule has 0 aromatic heterocycles. The summed E-state index contributed by atoms with van der Waals surface area (Å²) >= 11 is 2.22. The summed E-state index contributed by atoms with van der Waals surface area (Å²) in [4.78, 5) is 0. The molecular formula is C6H13IO. The van der Waals surface area contributed by atoms with Crippen LogP contribution in [0.15, 0.2) is 0 Å². The standard InChI is InChI=1S/C6H13IO/c1-2-3-4-5-8-6-7/h2-6H2,1H3. The molecule has 0 heterocycles. The maximum atomic E-state index is 5.12. The Morgan fingerprint density at radius 2 is 2.12 bits per heavy atom. The average Bonchev–Trinajstić information content (AvgIpc) is 1.81. The maximum absolute atomic E-state index is 5.12. The van der Waals surface area contributed by atoms with E-state index in [1.54, 1.807) is 0 Å². The number of hydrogen-bond acceptors (Lipinski definition) is 1. The van der Waals surface area contributed by atoms with Crippen LogP contribution in [0.25, 0.3) is 0 Å². The Morgan fingerprint density at radius 3 is 2.62 bits per heavy atom. The third-order valence-corrected chi connectivity index (χ3v) is 1.41. The summed E-state index contributed by atoms with van der Waals surface area (Å²) in [6, 6.07) is 0. The van der Waals surface area contributed by atoms with E-state index < -0.39 is 0 Å². The Balaban J connectivity index is 2.53. The molecule has 0 saturated heterocycles. The molecule has 50 valence electrons. The highest BCUT2D eigenvalue weighted by molar-refractivity contribution is 14.1. The first-order valence-corrected chi connectivity index (χ1v) is 4.58. The summed E-state index contributed by atoms with van der Waals surface area (Å²) < 4.78 is 5.96. The zero-order chi connectivity index (χ0) is 6.24. The molecule has 0 aliphatic rings. The van der Waals surface area contributed by atoms with E-state index in [0.717, 1.165) is 11.2 Å². The van der Waals surface area contributed by atoms with Gasteiger partial charge in [-0.2, -0.15) is 0 Å². The van der Waals surface area contributed by atoms with Crippen molar-refractivity contribution in [2.75, 3.05) is 11.2 Å². The summed E-state index contributed by atoms with van der Waals surface area (Å²) in [7, 11) is 0. The van der Waals surface area contributed by atoms with Gasteiger partial charge in [-0.05, 0) is 6.42 Å². The quantitative estimate of drug-likeness (QED) is 0.399. The molecule has 0 N–H and O–H groups in total. The molecule has 0 aromatic carbocycles. The minimum Gasteiger partial charge on any atom is -0.371 e. The minimum atomic E-state index is 0.835. The first-order chi connectivity index (χ1) is 3.91. The molecule has 0 aromatic rings. The first-order valence-electron chi connectivity index (χ1n) is 3.05. The van der Waals surface area contributed by atoms with E-state index in [4.69, 9.17) is 4.74 Å². The van der Waals surface area contributed by atoms with Gasteiger partial charge in [0, 0.05) is 6.61 Å². The van der Waals surface area contributed by atoms with Crippen LogP contribution in [0.1, 0.15) is 26.2 Å². The fourth-order valence-electron chi connectivity index (χ4n) is 0.509. The third kappa shape index (κ3) is 6.69. The second-order valence-electron chi connectivity index (χ2n) is 1.72. The van der Waals surface area contributed by atoms with Crippen molar-refractivity contribution in [2.45, 2.75) is 26.2 Å². The van der Waals surface area contributed by atoms with Gasteiger partial charge in [0.2, 0.25) is 0 Å². The Labute approximate surface area is 64.9 Å². The van der Waals surface area contributed by atoms with Crippen LogP contribution in [0, 0.1) is 0 Å². The van der Waals surface area contributed by atoms with E-state index in [2.05, 4.69) is 29.5 Å². The van der Waals surface area contributed by atoms with Crippen molar-refractivity contribution >= 4 is 22.6 Å². The summed E-state index contributed by atoms with van der Waals surface area (Å²) in [6.45, 7) is 3.14. The minimum absolute atomic E-state index is 0.835. The van der Waals surface area contributed by atoms with Crippen molar-refractivity contribution in [3.63, 3.8) is 0 Å². The molecule has 0 aliphatic heterocycles. The predicted octanol–water partition coefficient (Wildman–Crippen LogP) is 2.59. The van der Waals surface area contributed by atoms with Gasteiger partial charge in [-0.3, -0.25) is 0 Å². The van der Waals surface area contributed by atoms with Crippen LogP contribution in [0.2, 0.25) is 0 Å². The second-order valence-corrected chi connectivity index (χ2v) is 2.35. The molecule has 2 heteroatoms. The van der Waals surface area contributed by atoms with Crippen molar-refractivity contribution in [1.82, 2.24) is 0 Å². The highest BCUT2D eigenvalue weighted by Gasteiger charge is 1.83. The van der Waals surface area contributed by atoms with E-state index in [9.17, 15) is 0 Å². The largest absolute Gasteiger partial charge is 0.371 e. The van der Waals surface area contributed by atoms with Gasteiger partial charge in [-0.25, -0.2) is 0 Å². The Kier molecular flexibility index (Phi) is 8.35. The maximum Gasteiger partial charge on any atom is 0.0979 e. The van der Waals surface area contributed by atoms with Crippen LogP contribution in [-0.2, 0) is 4.74 Å². The lowest BCUT2D eigenvalue weighted by molar-refractivity contribution is 0.185. The molecule has 8 heavy (non-hydrogen) atoms. The van der Waals surface area contributed by atoms with Gasteiger partial charge in [0.15, 0.2) is 0 Å². The number of rotatable bonds is 5. The third-order valence-electron chi connectivity index (χ3n) is 0.969. The van der Waals surface area contributed by atoms with Gasteiger partial charge in [0.1, 0.15) is 0 Å². The monoisotopic (exact) mass is 228 g/mol. The molecule has 0 bridgehead atoms. The smallest absolute Gasteiger partial charge is 0.0979 e. The van der Waals surface area contributed by atoms with Crippen LogP contribution in [-0.4, -0.2) is 11.2 Å². The molecular weight excluding hydrogens is 215 g/mol. The Hall–Kier alpha value is 0.690. The van der Waals surface area contributed by atoms with E-state index in [-0.39, 0.29) is 0 Å². The topological polar surface area (TPSA) is 9.23 Å². The molecule has 0 unspecified atom stereocenters. The average molecular weight is 228 g/mol. The van der Waals surface area contributed by atoms with Crippen LogP contribution in [0.4, 0.5) is 0 Å². The zero-order valence-electron chi connectivity index (χ0n) is 5.32. The summed E-state index contributed by atoms with van der Waals surface area (Å²) in [5.41, 5.74) is 0. The molecule has 0 saturated carbocycles. The molecule has 0 fully saturated rings. The Bertz CT molecular complexity index is 33.5. The van der Waals surface area contributed by atoms with Crippen LogP contribution < -0.4 is 0 Å². The lowest BCUT2D eigenvalue weighted by atomic mass is 10.3. The van der Waals surface area contributed by atoms with E-state index >= 15 is 0 Å². The van der Waals surface area contributed by atoms with Crippen molar-refractivity contribution in [2.24, 2.45) is 0 Å². The van der Waals surface area contributed by atoms with Crippen LogP contribution in [0.3, 0.4) is 0 Å². The number of halogens is 1. The molecule has 1 nitrogen and oxygen atoms in total. The fraction of sp³-hybridized carbons (Fsp3) is 1.00. The van der Waals surface area contributed by atoms with Gasteiger partial charge in [0.25, 0.3) is 0 Å². The Morgan fingerprint density at radius 1 is 1.38 bits per heavy atom. The molecule has 0 radical (unpaired) electrons. The highest BCUT2D eigenvalue weighted by Crippen LogP contribution is 1.94. The number of hydrogen-bond donors (Lipinski definition) is 0. The van der Waals surface area contributed by atoms with Crippen molar-refractivity contribution in [3.8, 4) is 0 Å². The lowest BCUT2D eigenvalue weighted by Crippen LogP contribution is -1.89. The van der Waals surface area contributed by atoms with Crippen molar-refractivity contribution in [1.29, 1.82) is 0 Å². The summed E-state index contributed by atoms with van der Waals surface area (Å²) in [5.74, 6) is 0. The number of unbranched alkanes of at least 4 members (excludes halogenated alkanes) is 2. The van der Waals surface area contributed by atoms with E-state index in [0.29, 0.717) is 0 Å². The number of alkyl halides is 1. The summed E-state index contributed by atoms with van der Waals surface area (Å²) in [5, 5.41) is 0. The van der Waals surface area contributed by atoms with Gasteiger partial charge in [0.05, 0.1) is 4.61 Å². The number of ether oxygens (including phenoxy) is 1. The lowest BCUT2D eigenvalue weighted by Gasteiger charge is -1.96. The summed E-state index contributed by atoms with van der Waals surface area (Å²) in [6.07, 6.45) is 3.81. The molecule has 0 spiro atoms. The molecule has 0 aliphatic carbocycles. The van der Waals surface area contributed by atoms with Gasteiger partial charge in [-0.15, -0.1) is 0 Å². The van der Waals surface area contributed by atoms with Crippen LogP contribution >= 0.6 is 22.6 Å². The van der Waals surface area contributed by atoms with Gasteiger partial charge in [-0.1, -0.05) is 42.4 Å². The van der Waals surface area contributed by atoms with Crippen molar-refractivity contribution in [3.05, 3.63) is 0 Å². The molecule has 0 atom stereocenters. The van der Waals surface area contributed by atoms with Crippen molar-refractivity contribution < 1.29 is 4.74 Å². The van der Waals surface area contributed by atoms with E-state index in [1.165, 1.54) is 19.3 Å². The zero-order valence-corrected chi connectivity index (χ0v) is 7.48. The van der Waals surface area contributed by atoms with Gasteiger partial charge >= 0.3 is 0 Å². The SMILES string of the molecule is CCCCCOCI. The fourth-order valence-corrected chi connectivity index (χ4v) is 0.820. The predicted molar refractivity (Wildman–Crippen MR) is 44.4 cm³/mol. The van der Waals surface area contributed by atoms with Crippen LogP contribution in [0.5, 0.6) is 0 Å².